The smallest absolute Gasteiger partial charge is 0.00990 e. The maximum atomic E-state index is 3.95. The van der Waals surface area contributed by atoms with Crippen LogP contribution < -0.4 is 0 Å². The fraction of sp³-hybridized carbons (Fsp3) is 0.100. The molecule has 0 aliphatic carbocycles. The maximum Gasteiger partial charge on any atom is -0.00990 e. The van der Waals surface area contributed by atoms with Crippen LogP contribution in [0.3, 0.4) is 0 Å². The molecule has 0 saturated carbocycles. The molecule has 0 nitrogen and oxygen atoms in total. The second kappa shape index (κ2) is 6.21. The Morgan fingerprint density at radius 2 is 0.900 bits per heavy atom. The van der Waals surface area contributed by atoms with Crippen molar-refractivity contribution in [1.29, 1.82) is 0 Å². The molecule has 0 aromatic heterocycles. The Morgan fingerprint density at radius 3 is 1.20 bits per heavy atom. The summed E-state index contributed by atoms with van der Waals surface area (Å²) in [6.07, 6.45) is 3.84. The molecule has 0 spiro atoms. The van der Waals surface area contributed by atoms with Gasteiger partial charge in [0.1, 0.15) is 0 Å². The first kappa shape index (κ1) is 14.1. The number of benzene rings is 3. The van der Waals surface area contributed by atoms with E-state index in [0.717, 1.165) is 0 Å². The van der Waals surface area contributed by atoms with Gasteiger partial charge in [-0.25, -0.2) is 0 Å². The highest BCUT2D eigenvalue weighted by Crippen LogP contribution is 2.33. The number of rotatable bonds is 2. The van der Waals surface area contributed by atoms with E-state index in [2.05, 4.69) is 61.7 Å². The number of fused-ring (bicyclic) bond motifs is 3. The van der Waals surface area contributed by atoms with Crippen molar-refractivity contribution >= 4 is 33.7 Å². The van der Waals surface area contributed by atoms with E-state index in [9.17, 15) is 0 Å². The lowest BCUT2D eigenvalue weighted by molar-refractivity contribution is 1.50. The van der Waals surface area contributed by atoms with Gasteiger partial charge in [0, 0.05) is 0 Å². The van der Waals surface area contributed by atoms with Gasteiger partial charge in [0.25, 0.3) is 0 Å². The average Bonchev–Trinajstić information content (AvgIpc) is 2.55. The van der Waals surface area contributed by atoms with Crippen LogP contribution in [0.15, 0.2) is 61.7 Å². The second-order valence-corrected chi connectivity index (χ2v) is 4.33. The fourth-order valence-corrected chi connectivity index (χ4v) is 2.64. The lowest BCUT2D eigenvalue weighted by atomic mass is 9.92. The zero-order valence-corrected chi connectivity index (χ0v) is 12.2. The van der Waals surface area contributed by atoms with Crippen molar-refractivity contribution in [2.75, 3.05) is 0 Å². The van der Waals surface area contributed by atoms with Crippen LogP contribution in [0.5, 0.6) is 0 Å². The summed E-state index contributed by atoms with van der Waals surface area (Å²) in [6, 6.07) is 16.9. The van der Waals surface area contributed by atoms with E-state index in [1.54, 1.807) is 0 Å². The molecule has 100 valence electrons. The van der Waals surface area contributed by atoms with E-state index < -0.39 is 0 Å². The molecule has 0 amide bonds. The van der Waals surface area contributed by atoms with Gasteiger partial charge in [-0.2, -0.15) is 0 Å². The van der Waals surface area contributed by atoms with Gasteiger partial charge >= 0.3 is 0 Å². The van der Waals surface area contributed by atoms with Crippen LogP contribution >= 0.6 is 0 Å². The minimum atomic E-state index is 1.17. The minimum Gasteiger partial charge on any atom is -0.0984 e. The van der Waals surface area contributed by atoms with Crippen molar-refractivity contribution in [3.05, 3.63) is 72.8 Å². The predicted octanol–water partition coefficient (Wildman–Crippen LogP) is 6.31. The summed E-state index contributed by atoms with van der Waals surface area (Å²) < 4.78 is 0. The lowest BCUT2D eigenvalue weighted by Crippen LogP contribution is -1.88. The SMILES string of the molecule is C=Cc1c(C=C)c2ccccc2c2ccccc12.CC. The Hall–Kier alpha value is -2.34. The van der Waals surface area contributed by atoms with Gasteiger partial charge in [-0.05, 0) is 32.7 Å². The Balaban J connectivity index is 0.000000704. The van der Waals surface area contributed by atoms with E-state index in [0.29, 0.717) is 0 Å². The highest BCUT2D eigenvalue weighted by Gasteiger charge is 2.09. The van der Waals surface area contributed by atoms with Gasteiger partial charge < -0.3 is 0 Å². The molecule has 3 rings (SSSR count). The van der Waals surface area contributed by atoms with Gasteiger partial charge in [-0.1, -0.05) is 87.7 Å². The van der Waals surface area contributed by atoms with E-state index >= 15 is 0 Å². The summed E-state index contributed by atoms with van der Waals surface area (Å²) in [5.41, 5.74) is 2.33. The molecule has 0 atom stereocenters. The average molecular weight is 260 g/mol. The third-order valence-corrected chi connectivity index (χ3v) is 3.42. The molecule has 0 unspecified atom stereocenters. The summed E-state index contributed by atoms with van der Waals surface area (Å²) in [7, 11) is 0. The Bertz CT molecular complexity index is 697. The molecular weight excluding hydrogens is 240 g/mol. The van der Waals surface area contributed by atoms with E-state index in [-0.39, 0.29) is 0 Å². The first-order valence-corrected chi connectivity index (χ1v) is 7.05. The van der Waals surface area contributed by atoms with Crippen molar-refractivity contribution in [3.8, 4) is 0 Å². The van der Waals surface area contributed by atoms with E-state index in [4.69, 9.17) is 0 Å². The van der Waals surface area contributed by atoms with Crippen molar-refractivity contribution in [2.24, 2.45) is 0 Å². The molecule has 0 heterocycles. The highest BCUT2D eigenvalue weighted by atomic mass is 14.1. The molecule has 0 aliphatic rings. The van der Waals surface area contributed by atoms with Crippen molar-refractivity contribution < 1.29 is 0 Å². The van der Waals surface area contributed by atoms with Crippen LogP contribution in [-0.2, 0) is 0 Å². The van der Waals surface area contributed by atoms with Crippen LogP contribution in [0.2, 0.25) is 0 Å². The molecule has 0 heteroatoms. The topological polar surface area (TPSA) is 0 Å². The third kappa shape index (κ3) is 2.14. The van der Waals surface area contributed by atoms with Gasteiger partial charge in [-0.15, -0.1) is 0 Å². The van der Waals surface area contributed by atoms with Crippen LogP contribution in [0, 0.1) is 0 Å². The van der Waals surface area contributed by atoms with Crippen LogP contribution in [0.25, 0.3) is 33.7 Å². The lowest BCUT2D eigenvalue weighted by Gasteiger charge is -2.12. The van der Waals surface area contributed by atoms with Crippen LogP contribution in [0.4, 0.5) is 0 Å². The molecular formula is C20H20. The van der Waals surface area contributed by atoms with Gasteiger partial charge in [0.05, 0.1) is 0 Å². The number of hydrogen-bond donors (Lipinski definition) is 0. The maximum absolute atomic E-state index is 3.95. The quantitative estimate of drug-likeness (QED) is 0.474. The second-order valence-electron chi connectivity index (χ2n) is 4.33. The summed E-state index contributed by atoms with van der Waals surface area (Å²) >= 11 is 0. The van der Waals surface area contributed by atoms with Gasteiger partial charge in [-0.3, -0.25) is 0 Å². The zero-order chi connectivity index (χ0) is 14.5. The number of hydrogen-bond acceptors (Lipinski definition) is 0. The summed E-state index contributed by atoms with van der Waals surface area (Å²) in [5.74, 6) is 0. The Kier molecular flexibility index (Phi) is 4.37. The van der Waals surface area contributed by atoms with Crippen molar-refractivity contribution in [1.82, 2.24) is 0 Å². The van der Waals surface area contributed by atoms with Gasteiger partial charge in [0.15, 0.2) is 0 Å². The van der Waals surface area contributed by atoms with Crippen molar-refractivity contribution in [2.45, 2.75) is 13.8 Å². The molecule has 3 aromatic carbocycles. The first-order chi connectivity index (χ1) is 9.86. The van der Waals surface area contributed by atoms with Crippen LogP contribution in [0.1, 0.15) is 25.0 Å². The summed E-state index contributed by atoms with van der Waals surface area (Å²) in [4.78, 5) is 0. The normalized spacial score (nSPS) is 9.90. The Labute approximate surface area is 121 Å². The molecule has 0 aliphatic heterocycles. The fourth-order valence-electron chi connectivity index (χ4n) is 2.64. The molecule has 20 heavy (non-hydrogen) atoms. The van der Waals surface area contributed by atoms with E-state index in [1.807, 2.05) is 26.0 Å². The zero-order valence-electron chi connectivity index (χ0n) is 12.2. The molecule has 0 radical (unpaired) electrons. The molecule has 0 fully saturated rings. The van der Waals surface area contributed by atoms with Gasteiger partial charge in [0.2, 0.25) is 0 Å². The Morgan fingerprint density at radius 1 is 0.600 bits per heavy atom. The molecule has 3 aromatic rings. The molecule has 0 bridgehead atoms. The minimum absolute atomic E-state index is 1.17. The standard InChI is InChI=1S/C18H14.C2H6/c1-3-13-14(4-2)16-10-6-8-12-18(16)17-11-7-5-9-15(13)17;1-2/h3-12H,1-2H2;1-2H3. The molecule has 0 saturated heterocycles. The monoisotopic (exact) mass is 260 g/mol. The first-order valence-electron chi connectivity index (χ1n) is 7.05. The van der Waals surface area contributed by atoms with Crippen LogP contribution in [-0.4, -0.2) is 0 Å². The highest BCUT2D eigenvalue weighted by molar-refractivity contribution is 6.14. The summed E-state index contributed by atoms with van der Waals surface area (Å²) in [5, 5.41) is 5.02. The third-order valence-electron chi connectivity index (χ3n) is 3.42. The van der Waals surface area contributed by atoms with Crippen molar-refractivity contribution in [3.63, 3.8) is 0 Å². The molecule has 0 N–H and O–H groups in total. The largest absolute Gasteiger partial charge is 0.0984 e. The summed E-state index contributed by atoms with van der Waals surface area (Å²) in [6.45, 7) is 11.9. The van der Waals surface area contributed by atoms with E-state index in [1.165, 1.54) is 32.7 Å². The predicted molar refractivity (Wildman–Crippen MR) is 93.0 cm³/mol.